The average molecular weight is 432 g/mol. The van der Waals surface area contributed by atoms with Crippen molar-refractivity contribution in [3.63, 3.8) is 0 Å². The second kappa shape index (κ2) is 8.40. The molecular weight excluding hydrogens is 414 g/mol. The molecule has 0 radical (unpaired) electrons. The first-order valence-electron chi connectivity index (χ1n) is 7.36. The number of thioether (sulfide) groups is 2. The van der Waals surface area contributed by atoms with Gasteiger partial charge in [0.15, 0.2) is 5.12 Å². The van der Waals surface area contributed by atoms with Gasteiger partial charge in [-0.25, -0.2) is 4.79 Å². The Morgan fingerprint density at radius 3 is 2.54 bits per heavy atom. The van der Waals surface area contributed by atoms with Crippen molar-refractivity contribution in [1.82, 2.24) is 4.90 Å². The predicted molar refractivity (Wildman–Crippen MR) is 99.9 cm³/mol. The number of aliphatic carboxylic acids is 1. The molecule has 0 spiro atoms. The van der Waals surface area contributed by atoms with E-state index in [9.17, 15) is 19.5 Å². The van der Waals surface area contributed by atoms with Crippen molar-refractivity contribution in [2.24, 2.45) is 5.92 Å². The lowest BCUT2D eigenvalue weighted by molar-refractivity contribution is -0.150. The van der Waals surface area contributed by atoms with Crippen molar-refractivity contribution in [3.05, 3.63) is 34.3 Å². The number of rotatable bonds is 5. The molecule has 0 bridgehead atoms. The highest BCUT2D eigenvalue weighted by molar-refractivity contribution is 9.10. The Labute approximate surface area is 157 Å². The van der Waals surface area contributed by atoms with E-state index in [2.05, 4.69) is 15.9 Å². The fraction of sp³-hybridized carbons (Fsp3) is 0.438. The van der Waals surface area contributed by atoms with Crippen molar-refractivity contribution in [2.45, 2.75) is 25.3 Å². The second-order valence-corrected chi connectivity index (χ2v) is 8.77. The van der Waals surface area contributed by atoms with Crippen molar-refractivity contribution < 1.29 is 19.5 Å². The lowest BCUT2D eigenvalue weighted by atomic mass is 10.1. The SMILES string of the molecule is CC(=O)SCC(C)C(=O)N1C(c2ccc(Br)cc2)SC[C@H]1C(=O)O. The Morgan fingerprint density at radius 1 is 1.38 bits per heavy atom. The molecule has 8 heteroatoms. The number of hydrogen-bond donors (Lipinski definition) is 1. The summed E-state index contributed by atoms with van der Waals surface area (Å²) >= 11 is 5.91. The molecule has 24 heavy (non-hydrogen) atoms. The van der Waals surface area contributed by atoms with Gasteiger partial charge in [0.1, 0.15) is 11.4 Å². The van der Waals surface area contributed by atoms with Crippen LogP contribution in [-0.4, -0.2) is 44.5 Å². The Bertz CT molecular complexity index is 637. The van der Waals surface area contributed by atoms with Crippen LogP contribution in [-0.2, 0) is 14.4 Å². The third-order valence-corrected chi connectivity index (χ3v) is 6.58. The molecule has 1 N–H and O–H groups in total. The highest BCUT2D eigenvalue weighted by Gasteiger charge is 2.43. The highest BCUT2D eigenvalue weighted by atomic mass is 79.9. The standard InChI is InChI=1S/C16H18BrNO4S2/c1-9(7-23-10(2)19)14(20)18-13(16(21)22)8-24-15(18)11-3-5-12(17)6-4-11/h3-6,9,13,15H,7-8H2,1-2H3,(H,21,22)/t9?,13-,15?/m0/s1. The number of carbonyl (C=O) groups is 3. The van der Waals surface area contributed by atoms with Crippen LogP contribution in [0.2, 0.25) is 0 Å². The molecule has 130 valence electrons. The summed E-state index contributed by atoms with van der Waals surface area (Å²) in [4.78, 5) is 37.0. The van der Waals surface area contributed by atoms with Gasteiger partial charge in [-0.05, 0) is 17.7 Å². The van der Waals surface area contributed by atoms with Crippen LogP contribution in [0, 0.1) is 5.92 Å². The predicted octanol–water partition coefficient (Wildman–Crippen LogP) is 3.39. The topological polar surface area (TPSA) is 74.7 Å². The number of nitrogens with zero attached hydrogens (tertiary/aromatic N) is 1. The van der Waals surface area contributed by atoms with Gasteiger partial charge < -0.3 is 10.0 Å². The Morgan fingerprint density at radius 2 is 2.00 bits per heavy atom. The average Bonchev–Trinajstić information content (AvgIpc) is 2.97. The molecule has 1 heterocycles. The van der Waals surface area contributed by atoms with Gasteiger partial charge in [0, 0.05) is 28.8 Å². The van der Waals surface area contributed by atoms with Crippen LogP contribution in [0.3, 0.4) is 0 Å². The van der Waals surface area contributed by atoms with E-state index < -0.39 is 17.9 Å². The summed E-state index contributed by atoms with van der Waals surface area (Å²) in [5, 5.41) is 9.09. The number of carbonyl (C=O) groups excluding carboxylic acids is 2. The monoisotopic (exact) mass is 431 g/mol. The van der Waals surface area contributed by atoms with Crippen LogP contribution in [0.25, 0.3) is 0 Å². The van der Waals surface area contributed by atoms with E-state index in [-0.39, 0.29) is 16.4 Å². The van der Waals surface area contributed by atoms with Gasteiger partial charge in [-0.3, -0.25) is 9.59 Å². The molecule has 1 saturated heterocycles. The maximum absolute atomic E-state index is 12.8. The zero-order chi connectivity index (χ0) is 17.9. The summed E-state index contributed by atoms with van der Waals surface area (Å²) in [6.07, 6.45) is 0. The van der Waals surface area contributed by atoms with Crippen LogP contribution in [0.4, 0.5) is 0 Å². The van der Waals surface area contributed by atoms with Gasteiger partial charge in [0.05, 0.1) is 0 Å². The Hall–Kier alpha value is -0.990. The summed E-state index contributed by atoms with van der Waals surface area (Å²) < 4.78 is 0.924. The van der Waals surface area contributed by atoms with E-state index in [0.29, 0.717) is 11.5 Å². The number of carboxylic acid groups (broad SMARTS) is 1. The number of benzene rings is 1. The minimum Gasteiger partial charge on any atom is -0.480 e. The summed E-state index contributed by atoms with van der Waals surface area (Å²) in [5.74, 6) is -0.934. The minimum atomic E-state index is -0.998. The van der Waals surface area contributed by atoms with Crippen molar-refractivity contribution in [2.75, 3.05) is 11.5 Å². The van der Waals surface area contributed by atoms with Crippen molar-refractivity contribution >= 4 is 56.4 Å². The molecule has 2 rings (SSSR count). The summed E-state index contributed by atoms with van der Waals surface area (Å²) in [7, 11) is 0. The molecule has 1 amide bonds. The molecule has 1 aliphatic heterocycles. The maximum atomic E-state index is 12.8. The molecule has 0 aromatic heterocycles. The minimum absolute atomic E-state index is 0.0512. The van der Waals surface area contributed by atoms with Crippen LogP contribution in [0.15, 0.2) is 28.7 Å². The smallest absolute Gasteiger partial charge is 0.327 e. The third-order valence-electron chi connectivity index (χ3n) is 3.65. The second-order valence-electron chi connectivity index (χ2n) is 5.54. The zero-order valence-electron chi connectivity index (χ0n) is 13.3. The van der Waals surface area contributed by atoms with Crippen molar-refractivity contribution in [3.8, 4) is 0 Å². The van der Waals surface area contributed by atoms with Gasteiger partial charge in [-0.2, -0.15) is 0 Å². The fourth-order valence-corrected chi connectivity index (χ4v) is 4.74. The molecule has 0 saturated carbocycles. The molecule has 5 nitrogen and oxygen atoms in total. The van der Waals surface area contributed by atoms with Gasteiger partial charge >= 0.3 is 5.97 Å². The molecule has 1 aliphatic rings. The normalized spacial score (nSPS) is 21.5. The summed E-state index contributed by atoms with van der Waals surface area (Å²) in [6.45, 7) is 3.19. The molecular formula is C16H18BrNO4S2. The van der Waals surface area contributed by atoms with Gasteiger partial charge in [0.25, 0.3) is 0 Å². The maximum Gasteiger partial charge on any atom is 0.327 e. The number of hydrogen-bond acceptors (Lipinski definition) is 5. The van der Waals surface area contributed by atoms with Crippen LogP contribution >= 0.6 is 39.5 Å². The Balaban J connectivity index is 2.24. The van der Waals surface area contributed by atoms with Gasteiger partial charge in [-0.1, -0.05) is 46.7 Å². The molecule has 3 atom stereocenters. The number of carboxylic acids is 1. The van der Waals surface area contributed by atoms with E-state index in [1.165, 1.54) is 23.6 Å². The fourth-order valence-electron chi connectivity index (χ4n) is 2.42. The third kappa shape index (κ3) is 4.55. The Kier molecular flexibility index (Phi) is 6.77. The molecule has 1 aromatic rings. The molecule has 1 aromatic carbocycles. The molecule has 1 fully saturated rings. The van der Waals surface area contributed by atoms with E-state index in [0.717, 1.165) is 21.8 Å². The van der Waals surface area contributed by atoms with Gasteiger partial charge in [0.2, 0.25) is 5.91 Å². The quantitative estimate of drug-likeness (QED) is 0.769. The summed E-state index contributed by atoms with van der Waals surface area (Å²) in [6, 6.07) is 6.69. The first kappa shape index (κ1) is 19.3. The lowest BCUT2D eigenvalue weighted by Crippen LogP contribution is -2.45. The van der Waals surface area contributed by atoms with E-state index in [4.69, 9.17) is 0 Å². The summed E-state index contributed by atoms with van der Waals surface area (Å²) in [5.41, 5.74) is 0.895. The van der Waals surface area contributed by atoms with E-state index in [1.54, 1.807) is 6.92 Å². The first-order chi connectivity index (χ1) is 11.3. The first-order valence-corrected chi connectivity index (χ1v) is 10.2. The largest absolute Gasteiger partial charge is 0.480 e. The van der Waals surface area contributed by atoms with Crippen LogP contribution in [0.5, 0.6) is 0 Å². The number of halogens is 1. The van der Waals surface area contributed by atoms with Crippen LogP contribution < -0.4 is 0 Å². The zero-order valence-corrected chi connectivity index (χ0v) is 16.5. The van der Waals surface area contributed by atoms with E-state index in [1.807, 2.05) is 24.3 Å². The van der Waals surface area contributed by atoms with E-state index >= 15 is 0 Å². The van der Waals surface area contributed by atoms with Crippen LogP contribution in [0.1, 0.15) is 24.8 Å². The molecule has 2 unspecified atom stereocenters. The highest BCUT2D eigenvalue weighted by Crippen LogP contribution is 2.42. The van der Waals surface area contributed by atoms with Crippen molar-refractivity contribution in [1.29, 1.82) is 0 Å². The van der Waals surface area contributed by atoms with Gasteiger partial charge in [-0.15, -0.1) is 11.8 Å². The molecule has 0 aliphatic carbocycles. The lowest BCUT2D eigenvalue weighted by Gasteiger charge is -2.30. The number of amides is 1.